The van der Waals surface area contributed by atoms with Gasteiger partial charge in [-0.05, 0) is 31.6 Å². The Morgan fingerprint density at radius 3 is 2.12 bits per heavy atom. The minimum Gasteiger partial charge on any atom is -0.480 e. The quantitative estimate of drug-likeness (QED) is 0.685. The highest BCUT2D eigenvalue weighted by atomic mass is 16.4. The number of amides is 2. The average Bonchev–Trinajstić information content (AvgIpc) is 2.09. The van der Waals surface area contributed by atoms with Crippen molar-refractivity contribution < 1.29 is 14.7 Å². The Bertz CT molecular complexity index is 287. The van der Waals surface area contributed by atoms with E-state index in [1.54, 1.807) is 13.8 Å². The number of carboxylic acid groups (broad SMARTS) is 1. The molecule has 3 N–H and O–H groups in total. The second kappa shape index (κ2) is 5.89. The second-order valence-corrected chi connectivity index (χ2v) is 5.16. The van der Waals surface area contributed by atoms with Gasteiger partial charge in [-0.3, -0.25) is 0 Å². The first-order valence-electron chi connectivity index (χ1n) is 6.21. The first-order valence-corrected chi connectivity index (χ1v) is 6.21. The molecule has 17 heavy (non-hydrogen) atoms. The number of nitrogens with one attached hydrogen (secondary N) is 2. The van der Waals surface area contributed by atoms with Gasteiger partial charge in [0.25, 0.3) is 0 Å². The molecule has 1 rings (SSSR count). The third-order valence-corrected chi connectivity index (χ3v) is 3.44. The van der Waals surface area contributed by atoms with Crippen LogP contribution in [0.2, 0.25) is 0 Å². The van der Waals surface area contributed by atoms with Crippen molar-refractivity contribution in [1.29, 1.82) is 0 Å². The molecule has 5 heteroatoms. The molecule has 0 aromatic rings. The number of aliphatic carboxylic acids is 1. The van der Waals surface area contributed by atoms with Crippen LogP contribution in [0.25, 0.3) is 0 Å². The molecule has 0 radical (unpaired) electrons. The van der Waals surface area contributed by atoms with Gasteiger partial charge >= 0.3 is 12.0 Å². The molecule has 1 saturated carbocycles. The van der Waals surface area contributed by atoms with E-state index in [0.717, 1.165) is 12.8 Å². The number of rotatable bonds is 5. The van der Waals surface area contributed by atoms with Gasteiger partial charge in [0.15, 0.2) is 0 Å². The molecule has 0 spiro atoms. The fourth-order valence-corrected chi connectivity index (χ4v) is 1.96. The van der Waals surface area contributed by atoms with E-state index < -0.39 is 12.0 Å². The lowest BCUT2D eigenvalue weighted by Crippen LogP contribution is -2.52. The summed E-state index contributed by atoms with van der Waals surface area (Å²) in [5, 5.41) is 14.3. The Morgan fingerprint density at radius 1 is 1.18 bits per heavy atom. The van der Waals surface area contributed by atoms with Gasteiger partial charge in [0, 0.05) is 6.04 Å². The lowest BCUT2D eigenvalue weighted by atomic mass is 9.80. The summed E-state index contributed by atoms with van der Waals surface area (Å²) in [6, 6.07) is -1.10. The summed E-state index contributed by atoms with van der Waals surface area (Å²) in [6.07, 6.45) is 3.52. The molecule has 2 amide bonds. The van der Waals surface area contributed by atoms with Gasteiger partial charge in [0.1, 0.15) is 6.04 Å². The van der Waals surface area contributed by atoms with Crippen LogP contribution in [0.4, 0.5) is 4.79 Å². The maximum Gasteiger partial charge on any atom is 0.326 e. The van der Waals surface area contributed by atoms with E-state index >= 15 is 0 Å². The first kappa shape index (κ1) is 13.8. The maximum absolute atomic E-state index is 11.6. The predicted octanol–water partition coefficient (Wildman–Crippen LogP) is 1.58. The topological polar surface area (TPSA) is 78.4 Å². The molecule has 0 aliphatic heterocycles. The Kier molecular flexibility index (Phi) is 4.78. The van der Waals surface area contributed by atoms with E-state index in [9.17, 15) is 9.59 Å². The maximum atomic E-state index is 11.6. The zero-order valence-electron chi connectivity index (χ0n) is 10.7. The number of carboxylic acids is 1. The summed E-state index contributed by atoms with van der Waals surface area (Å²) in [5.41, 5.74) is 0. The lowest BCUT2D eigenvalue weighted by Gasteiger charge is -2.32. The Balaban J connectivity index is 2.38. The van der Waals surface area contributed by atoms with Crippen LogP contribution in [0.1, 0.15) is 40.0 Å². The van der Waals surface area contributed by atoms with Crippen molar-refractivity contribution in [2.24, 2.45) is 11.8 Å². The van der Waals surface area contributed by atoms with E-state index in [4.69, 9.17) is 5.11 Å². The van der Waals surface area contributed by atoms with Crippen molar-refractivity contribution in [2.45, 2.75) is 52.1 Å². The smallest absolute Gasteiger partial charge is 0.326 e. The molecule has 1 aliphatic carbocycles. The summed E-state index contributed by atoms with van der Waals surface area (Å²) in [6.45, 7) is 5.51. The van der Waals surface area contributed by atoms with Gasteiger partial charge in [0.05, 0.1) is 0 Å². The zero-order valence-corrected chi connectivity index (χ0v) is 10.7. The summed E-state index contributed by atoms with van der Waals surface area (Å²) in [5.74, 6) is -0.577. The number of hydrogen-bond donors (Lipinski definition) is 3. The second-order valence-electron chi connectivity index (χ2n) is 5.16. The SMILES string of the molecule is CC(C)C(NC(=O)NC(C)C1CCC1)C(=O)O. The average molecular weight is 242 g/mol. The molecule has 0 bridgehead atoms. The van der Waals surface area contributed by atoms with Gasteiger partial charge in [-0.25, -0.2) is 9.59 Å². The summed E-state index contributed by atoms with van der Waals surface area (Å²) >= 11 is 0. The molecule has 2 unspecified atom stereocenters. The van der Waals surface area contributed by atoms with Gasteiger partial charge in [-0.15, -0.1) is 0 Å². The predicted molar refractivity (Wildman–Crippen MR) is 64.7 cm³/mol. The summed E-state index contributed by atoms with van der Waals surface area (Å²) in [7, 11) is 0. The highest BCUT2D eigenvalue weighted by Gasteiger charge is 2.27. The number of carbonyl (C=O) groups excluding carboxylic acids is 1. The van der Waals surface area contributed by atoms with Crippen LogP contribution in [-0.4, -0.2) is 29.2 Å². The van der Waals surface area contributed by atoms with E-state index in [1.165, 1.54) is 6.42 Å². The van der Waals surface area contributed by atoms with Gasteiger partial charge in [0.2, 0.25) is 0 Å². The molecule has 1 aliphatic rings. The molecule has 0 saturated heterocycles. The van der Waals surface area contributed by atoms with Gasteiger partial charge in [-0.1, -0.05) is 20.3 Å². The minimum atomic E-state index is -0.994. The Morgan fingerprint density at radius 2 is 1.76 bits per heavy atom. The molecule has 1 fully saturated rings. The Hall–Kier alpha value is -1.26. The van der Waals surface area contributed by atoms with E-state index in [2.05, 4.69) is 10.6 Å². The third-order valence-electron chi connectivity index (χ3n) is 3.44. The molecule has 0 aromatic carbocycles. The molecular weight excluding hydrogens is 220 g/mol. The number of urea groups is 1. The largest absolute Gasteiger partial charge is 0.480 e. The van der Waals surface area contributed by atoms with E-state index in [-0.39, 0.29) is 18.0 Å². The van der Waals surface area contributed by atoms with Crippen molar-refractivity contribution in [3.05, 3.63) is 0 Å². The normalized spacial score (nSPS) is 19.3. The summed E-state index contributed by atoms with van der Waals surface area (Å²) in [4.78, 5) is 22.6. The lowest BCUT2D eigenvalue weighted by molar-refractivity contribution is -0.140. The van der Waals surface area contributed by atoms with Crippen LogP contribution in [-0.2, 0) is 4.79 Å². The standard InChI is InChI=1S/C12H22N2O3/c1-7(2)10(11(15)16)14-12(17)13-8(3)9-5-4-6-9/h7-10H,4-6H2,1-3H3,(H,15,16)(H2,13,14,17). The molecule has 0 aromatic heterocycles. The molecule has 5 nitrogen and oxygen atoms in total. The van der Waals surface area contributed by atoms with Gasteiger partial charge < -0.3 is 15.7 Å². The number of carbonyl (C=O) groups is 2. The fourth-order valence-electron chi connectivity index (χ4n) is 1.96. The van der Waals surface area contributed by atoms with Crippen LogP contribution in [0.5, 0.6) is 0 Å². The van der Waals surface area contributed by atoms with Crippen LogP contribution >= 0.6 is 0 Å². The number of hydrogen-bond acceptors (Lipinski definition) is 2. The van der Waals surface area contributed by atoms with Crippen molar-refractivity contribution in [2.75, 3.05) is 0 Å². The fraction of sp³-hybridized carbons (Fsp3) is 0.833. The monoisotopic (exact) mass is 242 g/mol. The van der Waals surface area contributed by atoms with Crippen LogP contribution in [0, 0.1) is 11.8 Å². The first-order chi connectivity index (χ1) is 7.91. The van der Waals surface area contributed by atoms with Crippen molar-refractivity contribution in [1.82, 2.24) is 10.6 Å². The molecule has 2 atom stereocenters. The van der Waals surface area contributed by atoms with Gasteiger partial charge in [-0.2, -0.15) is 0 Å². The van der Waals surface area contributed by atoms with E-state index in [1.807, 2.05) is 6.92 Å². The third kappa shape index (κ3) is 3.91. The van der Waals surface area contributed by atoms with E-state index in [0.29, 0.717) is 5.92 Å². The molecule has 0 heterocycles. The van der Waals surface area contributed by atoms with Crippen LogP contribution in [0.3, 0.4) is 0 Å². The van der Waals surface area contributed by atoms with Crippen LogP contribution in [0.15, 0.2) is 0 Å². The van der Waals surface area contributed by atoms with Crippen molar-refractivity contribution in [3.8, 4) is 0 Å². The molecular formula is C12H22N2O3. The summed E-state index contributed by atoms with van der Waals surface area (Å²) < 4.78 is 0. The van der Waals surface area contributed by atoms with Crippen molar-refractivity contribution >= 4 is 12.0 Å². The minimum absolute atomic E-state index is 0.116. The highest BCUT2D eigenvalue weighted by Crippen LogP contribution is 2.29. The van der Waals surface area contributed by atoms with Crippen molar-refractivity contribution in [3.63, 3.8) is 0 Å². The van der Waals surface area contributed by atoms with Crippen LogP contribution < -0.4 is 10.6 Å². The Labute approximate surface area is 102 Å². The molecule has 98 valence electrons. The zero-order chi connectivity index (χ0) is 13.0. The highest BCUT2D eigenvalue weighted by molar-refractivity contribution is 5.82.